The minimum atomic E-state index is -0.106. The van der Waals surface area contributed by atoms with E-state index in [0.29, 0.717) is 24.2 Å². The van der Waals surface area contributed by atoms with Crippen LogP contribution in [0.1, 0.15) is 21.5 Å². The van der Waals surface area contributed by atoms with Crippen LogP contribution in [-0.4, -0.2) is 53.4 Å². The zero-order chi connectivity index (χ0) is 16.9. The summed E-state index contributed by atoms with van der Waals surface area (Å²) in [5.41, 5.74) is 2.04. The number of nitrogens with zero attached hydrogens (tertiary/aromatic N) is 4. The maximum atomic E-state index is 12.8. The van der Waals surface area contributed by atoms with Crippen molar-refractivity contribution in [2.75, 3.05) is 26.7 Å². The number of hydrogen-bond donors (Lipinski definition) is 0. The molecule has 5 heteroatoms. The van der Waals surface area contributed by atoms with Crippen LogP contribution in [0.2, 0.25) is 0 Å². The highest BCUT2D eigenvalue weighted by atomic mass is 16.2. The van der Waals surface area contributed by atoms with Crippen LogP contribution in [0.25, 0.3) is 0 Å². The molecule has 122 valence electrons. The minimum Gasteiger partial charge on any atom is -0.336 e. The van der Waals surface area contributed by atoms with E-state index in [9.17, 15) is 10.1 Å². The van der Waals surface area contributed by atoms with Gasteiger partial charge in [0, 0.05) is 38.1 Å². The molecule has 1 fully saturated rings. The Balaban J connectivity index is 1.75. The second kappa shape index (κ2) is 7.24. The van der Waals surface area contributed by atoms with Crippen LogP contribution < -0.4 is 0 Å². The number of aromatic nitrogens is 1. The van der Waals surface area contributed by atoms with Gasteiger partial charge in [0.25, 0.3) is 5.91 Å². The summed E-state index contributed by atoms with van der Waals surface area (Å²) in [7, 11) is 2.10. The highest BCUT2D eigenvalue weighted by molar-refractivity contribution is 5.96. The number of hydrogen-bond acceptors (Lipinski definition) is 4. The zero-order valence-corrected chi connectivity index (χ0v) is 13.7. The van der Waals surface area contributed by atoms with Crippen LogP contribution in [0.15, 0.2) is 48.8 Å². The number of carbonyl (C=O) groups is 1. The van der Waals surface area contributed by atoms with Crippen molar-refractivity contribution in [1.82, 2.24) is 14.8 Å². The number of pyridine rings is 1. The molecule has 1 aliphatic rings. The lowest BCUT2D eigenvalue weighted by atomic mass is 10.0. The standard InChI is InChI=1S/C19H20N4O/c1-22-9-10-23(14-17(22)11-15-5-3-2-4-6-15)19(24)18-13-21-8-7-16(18)12-20/h2-8,13,17H,9-11,14H2,1H3. The topological polar surface area (TPSA) is 60.2 Å². The number of likely N-dealkylation sites (N-methyl/N-ethyl adjacent to an activating group) is 1. The zero-order valence-electron chi connectivity index (χ0n) is 13.7. The number of piperazine rings is 1. The van der Waals surface area contributed by atoms with E-state index in [-0.39, 0.29) is 11.9 Å². The highest BCUT2D eigenvalue weighted by Gasteiger charge is 2.29. The molecule has 0 radical (unpaired) electrons. The van der Waals surface area contributed by atoms with Crippen molar-refractivity contribution in [2.24, 2.45) is 0 Å². The first-order valence-electron chi connectivity index (χ1n) is 8.06. The van der Waals surface area contributed by atoms with Gasteiger partial charge in [-0.2, -0.15) is 5.26 Å². The Morgan fingerprint density at radius 1 is 1.29 bits per heavy atom. The quantitative estimate of drug-likeness (QED) is 0.867. The molecule has 5 nitrogen and oxygen atoms in total. The average molecular weight is 320 g/mol. The van der Waals surface area contributed by atoms with E-state index in [0.717, 1.165) is 13.0 Å². The lowest BCUT2D eigenvalue weighted by molar-refractivity contribution is 0.0547. The first kappa shape index (κ1) is 16.2. The minimum absolute atomic E-state index is 0.106. The lowest BCUT2D eigenvalue weighted by Crippen LogP contribution is -2.54. The van der Waals surface area contributed by atoms with Gasteiger partial charge in [-0.3, -0.25) is 14.7 Å². The fourth-order valence-electron chi connectivity index (χ4n) is 3.07. The van der Waals surface area contributed by atoms with Crippen LogP contribution >= 0.6 is 0 Å². The molecule has 2 heterocycles. The molecule has 0 aliphatic carbocycles. The van der Waals surface area contributed by atoms with Crippen LogP contribution in [0, 0.1) is 11.3 Å². The van der Waals surface area contributed by atoms with Crippen molar-refractivity contribution in [2.45, 2.75) is 12.5 Å². The fraction of sp³-hybridized carbons (Fsp3) is 0.316. The van der Waals surface area contributed by atoms with Gasteiger partial charge in [-0.05, 0) is 25.1 Å². The number of carbonyl (C=O) groups excluding carboxylic acids is 1. The molecule has 0 saturated carbocycles. The molecule has 3 rings (SSSR count). The van der Waals surface area contributed by atoms with E-state index in [1.165, 1.54) is 18.0 Å². The van der Waals surface area contributed by atoms with Crippen molar-refractivity contribution >= 4 is 5.91 Å². The molecule has 2 aromatic rings. The normalized spacial score (nSPS) is 18.2. The van der Waals surface area contributed by atoms with Gasteiger partial charge in [0.05, 0.1) is 11.1 Å². The fourth-order valence-corrected chi connectivity index (χ4v) is 3.07. The molecule has 0 bridgehead atoms. The van der Waals surface area contributed by atoms with Crippen LogP contribution in [0.5, 0.6) is 0 Å². The average Bonchev–Trinajstić information content (AvgIpc) is 2.64. The largest absolute Gasteiger partial charge is 0.336 e. The Morgan fingerprint density at radius 3 is 2.83 bits per heavy atom. The van der Waals surface area contributed by atoms with E-state index in [4.69, 9.17) is 0 Å². The van der Waals surface area contributed by atoms with Crippen LogP contribution in [0.4, 0.5) is 0 Å². The Hall–Kier alpha value is -2.71. The third-order valence-corrected chi connectivity index (χ3v) is 4.55. The SMILES string of the molecule is CN1CCN(C(=O)c2cnccc2C#N)CC1Cc1ccccc1. The van der Waals surface area contributed by atoms with Gasteiger partial charge in [0.2, 0.25) is 0 Å². The Kier molecular flexibility index (Phi) is 4.88. The lowest BCUT2D eigenvalue weighted by Gasteiger charge is -2.39. The van der Waals surface area contributed by atoms with E-state index in [2.05, 4.69) is 35.1 Å². The van der Waals surface area contributed by atoms with Crippen molar-refractivity contribution < 1.29 is 4.79 Å². The Bertz CT molecular complexity index is 753. The van der Waals surface area contributed by atoms with Crippen LogP contribution in [0.3, 0.4) is 0 Å². The summed E-state index contributed by atoms with van der Waals surface area (Å²) < 4.78 is 0. The van der Waals surface area contributed by atoms with Gasteiger partial charge in [-0.15, -0.1) is 0 Å². The van der Waals surface area contributed by atoms with Crippen molar-refractivity contribution in [3.05, 3.63) is 65.5 Å². The molecular formula is C19H20N4O. The second-order valence-electron chi connectivity index (χ2n) is 6.11. The summed E-state index contributed by atoms with van der Waals surface area (Å²) in [4.78, 5) is 20.9. The molecule has 0 N–H and O–H groups in total. The molecule has 1 aromatic heterocycles. The van der Waals surface area contributed by atoms with Crippen LogP contribution in [-0.2, 0) is 6.42 Å². The number of nitriles is 1. The summed E-state index contributed by atoms with van der Waals surface area (Å²) in [5.74, 6) is -0.106. The summed E-state index contributed by atoms with van der Waals surface area (Å²) >= 11 is 0. The maximum Gasteiger partial charge on any atom is 0.256 e. The third kappa shape index (κ3) is 3.44. The van der Waals surface area contributed by atoms with E-state index in [1.807, 2.05) is 23.1 Å². The number of benzene rings is 1. The van der Waals surface area contributed by atoms with Gasteiger partial charge in [0.1, 0.15) is 6.07 Å². The Labute approximate surface area is 142 Å². The van der Waals surface area contributed by atoms with E-state index >= 15 is 0 Å². The molecule has 1 unspecified atom stereocenters. The smallest absolute Gasteiger partial charge is 0.256 e. The molecular weight excluding hydrogens is 300 g/mol. The van der Waals surface area contributed by atoms with Gasteiger partial charge < -0.3 is 4.90 Å². The maximum absolute atomic E-state index is 12.8. The summed E-state index contributed by atoms with van der Waals surface area (Å²) in [6.07, 6.45) is 3.93. The molecule has 1 aliphatic heterocycles. The summed E-state index contributed by atoms with van der Waals surface area (Å²) in [6.45, 7) is 2.15. The van der Waals surface area contributed by atoms with Gasteiger partial charge in [-0.1, -0.05) is 30.3 Å². The van der Waals surface area contributed by atoms with Gasteiger partial charge >= 0.3 is 0 Å². The predicted octanol–water partition coefficient (Wildman–Crippen LogP) is 1.95. The molecule has 1 atom stereocenters. The van der Waals surface area contributed by atoms with Gasteiger partial charge in [0.15, 0.2) is 0 Å². The first-order valence-corrected chi connectivity index (χ1v) is 8.06. The second-order valence-corrected chi connectivity index (χ2v) is 6.11. The summed E-state index contributed by atoms with van der Waals surface area (Å²) in [5, 5.41) is 9.20. The molecule has 1 amide bonds. The number of amides is 1. The molecule has 24 heavy (non-hydrogen) atoms. The molecule has 1 aromatic carbocycles. The Morgan fingerprint density at radius 2 is 2.08 bits per heavy atom. The first-order chi connectivity index (χ1) is 11.7. The summed E-state index contributed by atoms with van der Waals surface area (Å²) in [6, 6.07) is 14.3. The number of rotatable bonds is 3. The monoisotopic (exact) mass is 320 g/mol. The van der Waals surface area contributed by atoms with Crippen molar-refractivity contribution in [3.63, 3.8) is 0 Å². The van der Waals surface area contributed by atoms with Gasteiger partial charge in [-0.25, -0.2) is 0 Å². The molecule has 1 saturated heterocycles. The molecule has 0 spiro atoms. The van der Waals surface area contributed by atoms with Crippen molar-refractivity contribution in [3.8, 4) is 6.07 Å². The van der Waals surface area contributed by atoms with E-state index in [1.54, 1.807) is 6.07 Å². The van der Waals surface area contributed by atoms with E-state index < -0.39 is 0 Å². The third-order valence-electron chi connectivity index (χ3n) is 4.55. The van der Waals surface area contributed by atoms with Crippen molar-refractivity contribution in [1.29, 1.82) is 5.26 Å². The predicted molar refractivity (Wildman–Crippen MR) is 91.4 cm³/mol. The highest BCUT2D eigenvalue weighted by Crippen LogP contribution is 2.17.